The van der Waals surface area contributed by atoms with Crippen molar-refractivity contribution in [2.24, 2.45) is 5.73 Å². The topological polar surface area (TPSA) is 64.7 Å². The van der Waals surface area contributed by atoms with E-state index in [1.165, 1.54) is 11.8 Å². The van der Waals surface area contributed by atoms with Crippen molar-refractivity contribution in [2.45, 2.75) is 30.4 Å². The first kappa shape index (κ1) is 13.5. The Bertz CT molecular complexity index is 574. The summed E-state index contributed by atoms with van der Waals surface area (Å²) in [5.74, 6) is 0. The zero-order chi connectivity index (χ0) is 13.1. The lowest BCUT2D eigenvalue weighted by atomic mass is 10.1. The number of hydrogen-bond donors (Lipinski definition) is 1. The molecule has 0 aromatic carbocycles. The van der Waals surface area contributed by atoms with Crippen LogP contribution >= 0.6 is 27.7 Å². The van der Waals surface area contributed by atoms with Gasteiger partial charge in [-0.25, -0.2) is 4.98 Å². The number of rotatable bonds is 3. The van der Waals surface area contributed by atoms with E-state index in [2.05, 4.69) is 31.1 Å². The van der Waals surface area contributed by atoms with Crippen LogP contribution in [0.1, 0.15) is 16.8 Å². The molecular weight excluding hydrogens is 312 g/mol. The van der Waals surface area contributed by atoms with Gasteiger partial charge in [0.25, 0.3) is 0 Å². The second-order valence-corrected chi connectivity index (χ2v) is 5.62. The van der Waals surface area contributed by atoms with Gasteiger partial charge in [0, 0.05) is 18.3 Å². The first-order valence-corrected chi connectivity index (χ1v) is 7.05. The van der Waals surface area contributed by atoms with Gasteiger partial charge in [-0.05, 0) is 59.2 Å². The van der Waals surface area contributed by atoms with Crippen molar-refractivity contribution >= 4 is 27.7 Å². The largest absolute Gasteiger partial charge is 0.326 e. The highest BCUT2D eigenvalue weighted by molar-refractivity contribution is 9.10. The summed E-state index contributed by atoms with van der Waals surface area (Å²) >= 11 is 4.95. The van der Waals surface area contributed by atoms with Crippen molar-refractivity contribution in [1.82, 2.24) is 15.2 Å². The number of aromatic nitrogens is 3. The Hall–Kier alpha value is -0.980. The molecular formula is C12H13BrN4S. The molecule has 0 saturated carbocycles. The Morgan fingerprint density at radius 1 is 1.28 bits per heavy atom. The molecule has 2 heterocycles. The summed E-state index contributed by atoms with van der Waals surface area (Å²) in [6.45, 7) is 4.41. The maximum absolute atomic E-state index is 5.80. The van der Waals surface area contributed by atoms with E-state index in [0.29, 0.717) is 6.54 Å². The first-order valence-electron chi connectivity index (χ1n) is 5.44. The van der Waals surface area contributed by atoms with Crippen molar-refractivity contribution in [2.75, 3.05) is 0 Å². The van der Waals surface area contributed by atoms with Gasteiger partial charge in [0.2, 0.25) is 0 Å². The van der Waals surface area contributed by atoms with Gasteiger partial charge in [0.15, 0.2) is 0 Å². The molecule has 2 rings (SSSR count). The third-order valence-electron chi connectivity index (χ3n) is 2.67. The highest BCUT2D eigenvalue weighted by atomic mass is 79.9. The summed E-state index contributed by atoms with van der Waals surface area (Å²) in [4.78, 5) is 4.31. The van der Waals surface area contributed by atoms with E-state index in [4.69, 9.17) is 5.73 Å². The highest BCUT2D eigenvalue weighted by Gasteiger charge is 2.13. The van der Waals surface area contributed by atoms with E-state index in [1.807, 2.05) is 26.0 Å². The molecule has 4 nitrogen and oxygen atoms in total. The van der Waals surface area contributed by atoms with E-state index in [-0.39, 0.29) is 0 Å². The molecule has 0 fully saturated rings. The summed E-state index contributed by atoms with van der Waals surface area (Å²) in [5, 5.41) is 10.0. The predicted octanol–water partition coefficient (Wildman–Crippen LogP) is 2.86. The normalized spacial score (nSPS) is 10.7. The van der Waals surface area contributed by atoms with Gasteiger partial charge in [0.05, 0.1) is 10.2 Å². The number of halogens is 1. The Kier molecular flexibility index (Phi) is 4.31. The summed E-state index contributed by atoms with van der Waals surface area (Å²) in [7, 11) is 0. The lowest BCUT2D eigenvalue weighted by Gasteiger charge is -2.10. The maximum atomic E-state index is 5.80. The molecule has 18 heavy (non-hydrogen) atoms. The number of pyridine rings is 1. The molecule has 0 aliphatic carbocycles. The van der Waals surface area contributed by atoms with Crippen molar-refractivity contribution in [3.05, 3.63) is 39.6 Å². The van der Waals surface area contributed by atoms with Gasteiger partial charge in [-0.15, -0.1) is 5.10 Å². The summed E-state index contributed by atoms with van der Waals surface area (Å²) < 4.78 is 0.943. The number of nitrogens with zero attached hydrogens (tertiary/aromatic N) is 3. The molecule has 0 aliphatic heterocycles. The highest BCUT2D eigenvalue weighted by Crippen LogP contribution is 2.33. The molecule has 0 radical (unpaired) electrons. The standard InChI is InChI=1S/C12H13BrN4S/c1-7-8(2)16-17-11(9(7)6-14)18-12-10(13)4-3-5-15-12/h3-5H,6,14H2,1-2H3. The Morgan fingerprint density at radius 2 is 2.06 bits per heavy atom. The van der Waals surface area contributed by atoms with Gasteiger partial charge in [-0.1, -0.05) is 0 Å². The summed E-state index contributed by atoms with van der Waals surface area (Å²) in [6.07, 6.45) is 1.75. The van der Waals surface area contributed by atoms with Gasteiger partial charge in [0.1, 0.15) is 10.1 Å². The van der Waals surface area contributed by atoms with Gasteiger partial charge >= 0.3 is 0 Å². The number of nitrogens with two attached hydrogens (primary N) is 1. The van der Waals surface area contributed by atoms with Crippen LogP contribution in [0.15, 0.2) is 32.9 Å². The number of aryl methyl sites for hydroxylation is 1. The van der Waals surface area contributed by atoms with Crippen LogP contribution in [0.2, 0.25) is 0 Å². The summed E-state index contributed by atoms with van der Waals surface area (Å²) in [5.41, 5.74) is 8.85. The lowest BCUT2D eigenvalue weighted by molar-refractivity contribution is 0.823. The SMILES string of the molecule is Cc1nnc(Sc2ncccc2Br)c(CN)c1C. The lowest BCUT2D eigenvalue weighted by Crippen LogP contribution is -2.07. The van der Waals surface area contributed by atoms with E-state index in [9.17, 15) is 0 Å². The molecule has 0 aliphatic rings. The third-order valence-corrected chi connectivity index (χ3v) is 4.61. The second-order valence-electron chi connectivity index (χ2n) is 3.79. The van der Waals surface area contributed by atoms with Crippen molar-refractivity contribution < 1.29 is 0 Å². The fraction of sp³-hybridized carbons (Fsp3) is 0.250. The average molecular weight is 325 g/mol. The minimum Gasteiger partial charge on any atom is -0.326 e. The molecule has 94 valence electrons. The first-order chi connectivity index (χ1) is 8.63. The van der Waals surface area contributed by atoms with Crippen LogP contribution in [0.25, 0.3) is 0 Å². The van der Waals surface area contributed by atoms with Crippen molar-refractivity contribution in [1.29, 1.82) is 0 Å². The fourth-order valence-electron chi connectivity index (χ4n) is 1.49. The van der Waals surface area contributed by atoms with Gasteiger partial charge in [-0.3, -0.25) is 0 Å². The van der Waals surface area contributed by atoms with E-state index in [1.54, 1.807) is 6.20 Å². The molecule has 6 heteroatoms. The fourth-order valence-corrected chi connectivity index (χ4v) is 2.90. The smallest absolute Gasteiger partial charge is 0.130 e. The van der Waals surface area contributed by atoms with E-state index in [0.717, 1.165) is 31.3 Å². The zero-order valence-corrected chi connectivity index (χ0v) is 12.5. The van der Waals surface area contributed by atoms with Crippen molar-refractivity contribution in [3.63, 3.8) is 0 Å². The Labute approximate surface area is 119 Å². The third kappa shape index (κ3) is 2.71. The second kappa shape index (κ2) is 5.77. The minimum absolute atomic E-state index is 0.453. The van der Waals surface area contributed by atoms with E-state index < -0.39 is 0 Å². The molecule has 2 aromatic rings. The van der Waals surface area contributed by atoms with Crippen molar-refractivity contribution in [3.8, 4) is 0 Å². The van der Waals surface area contributed by atoms with Gasteiger partial charge in [-0.2, -0.15) is 5.10 Å². The van der Waals surface area contributed by atoms with Crippen LogP contribution in [-0.4, -0.2) is 15.2 Å². The van der Waals surface area contributed by atoms with Crippen LogP contribution < -0.4 is 5.73 Å². The number of hydrogen-bond acceptors (Lipinski definition) is 5. The minimum atomic E-state index is 0.453. The predicted molar refractivity (Wildman–Crippen MR) is 75.5 cm³/mol. The van der Waals surface area contributed by atoms with E-state index >= 15 is 0 Å². The van der Waals surface area contributed by atoms with Gasteiger partial charge < -0.3 is 5.73 Å². The molecule has 0 saturated heterocycles. The van der Waals surface area contributed by atoms with Crippen LogP contribution in [0.4, 0.5) is 0 Å². The molecule has 2 N–H and O–H groups in total. The Balaban J connectivity index is 2.41. The average Bonchev–Trinajstić information content (AvgIpc) is 2.37. The molecule has 0 amide bonds. The molecule has 2 aromatic heterocycles. The quantitative estimate of drug-likeness (QED) is 0.940. The zero-order valence-electron chi connectivity index (χ0n) is 10.1. The van der Waals surface area contributed by atoms with Crippen LogP contribution in [0, 0.1) is 13.8 Å². The molecule has 0 bridgehead atoms. The maximum Gasteiger partial charge on any atom is 0.130 e. The molecule has 0 atom stereocenters. The molecule has 0 spiro atoms. The Morgan fingerprint density at radius 3 is 2.72 bits per heavy atom. The monoisotopic (exact) mass is 324 g/mol. The summed E-state index contributed by atoms with van der Waals surface area (Å²) in [6, 6.07) is 3.83. The van der Waals surface area contributed by atoms with Crippen LogP contribution in [-0.2, 0) is 6.54 Å². The molecule has 0 unspecified atom stereocenters. The van der Waals surface area contributed by atoms with Crippen LogP contribution in [0.3, 0.4) is 0 Å². The van der Waals surface area contributed by atoms with Crippen LogP contribution in [0.5, 0.6) is 0 Å².